The zero-order valence-electron chi connectivity index (χ0n) is 10.7. The van der Waals surface area contributed by atoms with E-state index in [1.54, 1.807) is 4.57 Å². The van der Waals surface area contributed by atoms with Crippen molar-refractivity contribution in [3.63, 3.8) is 0 Å². The maximum Gasteiger partial charge on any atom is 0.323 e. The summed E-state index contributed by atoms with van der Waals surface area (Å²) in [7, 11) is 0. The van der Waals surface area contributed by atoms with Crippen LogP contribution in [0.1, 0.15) is 24.3 Å². The topological polar surface area (TPSA) is 70.7 Å². The number of nitrogens with one attached hydrogen (secondary N) is 2. The van der Waals surface area contributed by atoms with Gasteiger partial charge in [-0.15, -0.1) is 0 Å². The summed E-state index contributed by atoms with van der Waals surface area (Å²) in [6, 6.07) is 9.46. The van der Waals surface area contributed by atoms with E-state index >= 15 is 0 Å². The van der Waals surface area contributed by atoms with Crippen LogP contribution in [-0.4, -0.2) is 14.5 Å². The predicted molar refractivity (Wildman–Crippen MR) is 76.5 cm³/mol. The van der Waals surface area contributed by atoms with Crippen LogP contribution in [0.25, 0.3) is 16.7 Å². The van der Waals surface area contributed by atoms with E-state index in [1.807, 2.05) is 36.5 Å². The van der Waals surface area contributed by atoms with Gasteiger partial charge in [-0.3, -0.25) is 9.36 Å². The smallest absolute Gasteiger partial charge is 0.305 e. The molecule has 0 radical (unpaired) electrons. The zero-order chi connectivity index (χ0) is 13.7. The molecular weight excluding hydrogens is 254 g/mol. The number of benzene rings is 1. The average Bonchev–Trinajstić information content (AvgIpc) is 3.22. The number of aromatic amines is 2. The van der Waals surface area contributed by atoms with Crippen LogP contribution in [0.3, 0.4) is 0 Å². The highest BCUT2D eigenvalue weighted by Gasteiger charge is 2.28. The number of hydrogen-bond donors (Lipinski definition) is 2. The third kappa shape index (κ3) is 1.63. The lowest BCUT2D eigenvalue weighted by molar-refractivity contribution is 0.965. The number of pyridine rings is 1. The molecule has 0 spiro atoms. The van der Waals surface area contributed by atoms with Crippen molar-refractivity contribution in [1.29, 1.82) is 0 Å². The molecule has 1 aromatic carbocycles. The van der Waals surface area contributed by atoms with Gasteiger partial charge >= 0.3 is 5.69 Å². The van der Waals surface area contributed by atoms with E-state index in [4.69, 9.17) is 0 Å². The molecule has 0 bridgehead atoms. The Morgan fingerprint density at radius 3 is 2.40 bits per heavy atom. The highest BCUT2D eigenvalue weighted by molar-refractivity contribution is 5.78. The van der Waals surface area contributed by atoms with Gasteiger partial charge < -0.3 is 9.97 Å². The van der Waals surface area contributed by atoms with Crippen LogP contribution < -0.4 is 11.2 Å². The Labute approximate surface area is 113 Å². The molecule has 20 heavy (non-hydrogen) atoms. The van der Waals surface area contributed by atoms with Gasteiger partial charge in [-0.1, -0.05) is 18.2 Å². The molecule has 5 nitrogen and oxygen atoms in total. The first-order valence-corrected chi connectivity index (χ1v) is 6.67. The Morgan fingerprint density at radius 1 is 1.00 bits per heavy atom. The van der Waals surface area contributed by atoms with Crippen molar-refractivity contribution < 1.29 is 0 Å². The molecule has 4 rings (SSSR count). The van der Waals surface area contributed by atoms with Gasteiger partial charge in [-0.25, -0.2) is 4.79 Å². The van der Waals surface area contributed by atoms with E-state index in [1.165, 1.54) is 0 Å². The van der Waals surface area contributed by atoms with E-state index in [-0.39, 0.29) is 11.2 Å². The minimum atomic E-state index is -0.329. The summed E-state index contributed by atoms with van der Waals surface area (Å²) in [6.07, 6.45) is 4.08. The highest BCUT2D eigenvalue weighted by Crippen LogP contribution is 2.41. The van der Waals surface area contributed by atoms with Crippen molar-refractivity contribution in [2.45, 2.75) is 18.8 Å². The molecule has 3 aromatic rings. The van der Waals surface area contributed by atoms with Crippen LogP contribution in [0, 0.1) is 0 Å². The zero-order valence-corrected chi connectivity index (χ0v) is 10.7. The van der Waals surface area contributed by atoms with Gasteiger partial charge in [-0.2, -0.15) is 0 Å². The van der Waals surface area contributed by atoms with Gasteiger partial charge in [-0.05, 0) is 36.5 Å². The van der Waals surface area contributed by atoms with Crippen molar-refractivity contribution in [3.8, 4) is 5.69 Å². The molecule has 1 saturated carbocycles. The van der Waals surface area contributed by atoms with Crippen LogP contribution in [0.15, 0.2) is 46.1 Å². The Morgan fingerprint density at radius 2 is 1.70 bits per heavy atom. The standard InChI is InChI=1S/C15H13N3O2/c19-14-13-12(16-15(20)17-13)11(9-6-7-9)8-18(14)10-4-2-1-3-5-10/h1-5,8-9H,6-7H2,(H2,16,17,20). The summed E-state index contributed by atoms with van der Waals surface area (Å²) in [4.78, 5) is 29.4. The molecule has 0 atom stereocenters. The van der Waals surface area contributed by atoms with Gasteiger partial charge in [0.1, 0.15) is 5.52 Å². The van der Waals surface area contributed by atoms with Gasteiger partial charge in [0.25, 0.3) is 5.56 Å². The number of aromatic nitrogens is 3. The van der Waals surface area contributed by atoms with Crippen molar-refractivity contribution >= 4 is 11.0 Å². The lowest BCUT2D eigenvalue weighted by Gasteiger charge is -2.09. The first-order valence-electron chi connectivity index (χ1n) is 6.67. The molecule has 100 valence electrons. The number of para-hydroxylation sites is 1. The summed E-state index contributed by atoms with van der Waals surface area (Å²) < 4.78 is 1.61. The molecule has 2 heterocycles. The van der Waals surface area contributed by atoms with Crippen LogP contribution in [0.5, 0.6) is 0 Å². The number of fused-ring (bicyclic) bond motifs is 1. The van der Waals surface area contributed by atoms with Gasteiger partial charge in [0.2, 0.25) is 0 Å². The van der Waals surface area contributed by atoms with E-state index in [2.05, 4.69) is 9.97 Å². The molecule has 2 aromatic heterocycles. The monoisotopic (exact) mass is 267 g/mol. The first kappa shape index (κ1) is 11.3. The molecule has 0 aliphatic heterocycles. The summed E-state index contributed by atoms with van der Waals surface area (Å²) in [5, 5.41) is 0. The summed E-state index contributed by atoms with van der Waals surface area (Å²) in [6.45, 7) is 0. The fourth-order valence-electron chi connectivity index (χ4n) is 2.63. The SMILES string of the molecule is O=c1[nH]c2c(C3CC3)cn(-c3ccccc3)c(=O)c2[nH]1. The van der Waals surface area contributed by atoms with E-state index in [0.29, 0.717) is 17.0 Å². The number of H-pyrrole nitrogens is 2. The van der Waals surface area contributed by atoms with E-state index in [0.717, 1.165) is 24.1 Å². The van der Waals surface area contributed by atoms with Crippen molar-refractivity contribution in [3.05, 3.63) is 62.9 Å². The molecular formula is C15H13N3O2. The molecule has 5 heteroatoms. The Bertz CT molecular complexity index is 898. The summed E-state index contributed by atoms with van der Waals surface area (Å²) >= 11 is 0. The highest BCUT2D eigenvalue weighted by atomic mass is 16.1. The van der Waals surface area contributed by atoms with Crippen LogP contribution >= 0.6 is 0 Å². The molecule has 0 unspecified atom stereocenters. The third-order valence-corrected chi connectivity index (χ3v) is 3.77. The van der Waals surface area contributed by atoms with Crippen LogP contribution in [0.4, 0.5) is 0 Å². The van der Waals surface area contributed by atoms with Crippen LogP contribution in [0.2, 0.25) is 0 Å². The lowest BCUT2D eigenvalue weighted by Crippen LogP contribution is -2.19. The minimum Gasteiger partial charge on any atom is -0.305 e. The molecule has 1 fully saturated rings. The van der Waals surface area contributed by atoms with Gasteiger partial charge in [0, 0.05) is 11.9 Å². The Hall–Kier alpha value is -2.56. The summed E-state index contributed by atoms with van der Waals surface area (Å²) in [5.41, 5.74) is 2.35. The molecule has 1 aliphatic rings. The number of hydrogen-bond acceptors (Lipinski definition) is 2. The van der Waals surface area contributed by atoms with Gasteiger partial charge in [0.15, 0.2) is 0 Å². The normalized spacial score (nSPS) is 14.8. The van der Waals surface area contributed by atoms with Crippen molar-refractivity contribution in [1.82, 2.24) is 14.5 Å². The second-order valence-corrected chi connectivity index (χ2v) is 5.20. The Kier molecular flexibility index (Phi) is 2.24. The second kappa shape index (κ2) is 3.96. The average molecular weight is 267 g/mol. The van der Waals surface area contributed by atoms with E-state index < -0.39 is 0 Å². The lowest BCUT2D eigenvalue weighted by atomic mass is 10.1. The Balaban J connectivity index is 2.09. The second-order valence-electron chi connectivity index (χ2n) is 5.20. The maximum absolute atomic E-state index is 12.5. The molecule has 1 aliphatic carbocycles. The number of nitrogens with zero attached hydrogens (tertiary/aromatic N) is 1. The van der Waals surface area contributed by atoms with Crippen LogP contribution in [-0.2, 0) is 0 Å². The largest absolute Gasteiger partial charge is 0.323 e. The van der Waals surface area contributed by atoms with E-state index in [9.17, 15) is 9.59 Å². The fraction of sp³-hybridized carbons (Fsp3) is 0.200. The van der Waals surface area contributed by atoms with Crippen molar-refractivity contribution in [2.24, 2.45) is 0 Å². The molecule has 2 N–H and O–H groups in total. The quantitative estimate of drug-likeness (QED) is 0.744. The number of imidazole rings is 1. The third-order valence-electron chi connectivity index (χ3n) is 3.77. The summed E-state index contributed by atoms with van der Waals surface area (Å²) in [5.74, 6) is 0.444. The fourth-order valence-corrected chi connectivity index (χ4v) is 2.63. The molecule has 0 amide bonds. The first-order chi connectivity index (χ1) is 9.74. The number of rotatable bonds is 2. The predicted octanol–water partition coefficient (Wildman–Crippen LogP) is 1.88. The maximum atomic E-state index is 12.5. The molecule has 0 saturated heterocycles. The van der Waals surface area contributed by atoms with Crippen molar-refractivity contribution in [2.75, 3.05) is 0 Å². The minimum absolute atomic E-state index is 0.200. The van der Waals surface area contributed by atoms with Gasteiger partial charge in [0.05, 0.1) is 5.52 Å².